The quantitative estimate of drug-likeness (QED) is 0.682. The molecule has 0 radical (unpaired) electrons. The van der Waals surface area contributed by atoms with Gasteiger partial charge in [0.1, 0.15) is 0 Å². The molecule has 0 saturated carbocycles. The van der Waals surface area contributed by atoms with Gasteiger partial charge in [-0.3, -0.25) is 14.5 Å². The highest BCUT2D eigenvalue weighted by molar-refractivity contribution is 5.82. The summed E-state index contributed by atoms with van der Waals surface area (Å²) < 4.78 is 4.97. The first-order valence-electron chi connectivity index (χ1n) is 7.17. The van der Waals surface area contributed by atoms with Crippen LogP contribution in [0.2, 0.25) is 0 Å². The summed E-state index contributed by atoms with van der Waals surface area (Å²) in [6.07, 6.45) is 2.16. The maximum atomic E-state index is 12.4. The van der Waals surface area contributed by atoms with Crippen LogP contribution >= 0.6 is 0 Å². The van der Waals surface area contributed by atoms with Crippen LogP contribution in [0.25, 0.3) is 0 Å². The second-order valence-corrected chi connectivity index (χ2v) is 5.28. The number of carbonyl (C=O) groups is 2. The van der Waals surface area contributed by atoms with Gasteiger partial charge in [-0.05, 0) is 40.5 Å². The first kappa shape index (κ1) is 16.0. The number of ether oxygens (including phenoxy) is 1. The van der Waals surface area contributed by atoms with E-state index in [2.05, 4.69) is 0 Å². The highest BCUT2D eigenvalue weighted by atomic mass is 16.5. The van der Waals surface area contributed by atoms with Crippen molar-refractivity contribution >= 4 is 11.9 Å². The first-order chi connectivity index (χ1) is 8.97. The molecule has 0 aromatic rings. The van der Waals surface area contributed by atoms with Crippen molar-refractivity contribution in [3.05, 3.63) is 0 Å². The summed E-state index contributed by atoms with van der Waals surface area (Å²) in [5, 5.41) is 0. The first-order valence-corrected chi connectivity index (χ1v) is 7.17. The van der Waals surface area contributed by atoms with Gasteiger partial charge in [0.25, 0.3) is 0 Å². The van der Waals surface area contributed by atoms with Crippen molar-refractivity contribution < 1.29 is 14.3 Å². The Morgan fingerprint density at radius 2 is 1.79 bits per heavy atom. The Kier molecular flexibility index (Phi) is 6.28. The summed E-state index contributed by atoms with van der Waals surface area (Å²) in [6, 6.07) is -0.145. The van der Waals surface area contributed by atoms with Crippen LogP contribution in [0.15, 0.2) is 0 Å². The predicted molar refractivity (Wildman–Crippen MR) is 73.8 cm³/mol. The van der Waals surface area contributed by atoms with E-state index >= 15 is 0 Å². The molecule has 1 aliphatic heterocycles. The molecule has 0 aromatic heterocycles. The molecule has 0 spiro atoms. The number of likely N-dealkylation sites (tertiary alicyclic amines) is 1. The highest BCUT2D eigenvalue weighted by Gasteiger charge is 2.30. The number of amides is 1. The fourth-order valence-electron chi connectivity index (χ4n) is 2.47. The minimum Gasteiger partial charge on any atom is -0.465 e. The van der Waals surface area contributed by atoms with Crippen molar-refractivity contribution in [3.63, 3.8) is 0 Å². The lowest BCUT2D eigenvalue weighted by atomic mass is 10.2. The van der Waals surface area contributed by atoms with Gasteiger partial charge in [0.2, 0.25) is 5.91 Å². The average molecular weight is 270 g/mol. The zero-order valence-electron chi connectivity index (χ0n) is 12.5. The standard InChI is InChI=1S/C14H26N2O3/c1-5-19-13(17)10-16(11(2)3)12(4)14(18)15-8-6-7-9-15/h11-12H,5-10H2,1-4H3. The SMILES string of the molecule is CCOC(=O)CN(C(C)C)C(C)C(=O)N1CCCC1. The van der Waals surface area contributed by atoms with Crippen LogP contribution in [-0.4, -0.2) is 60.0 Å². The summed E-state index contributed by atoms with van der Waals surface area (Å²) in [5.74, 6) is -0.146. The van der Waals surface area contributed by atoms with Crippen LogP contribution in [-0.2, 0) is 14.3 Å². The fraction of sp³-hybridized carbons (Fsp3) is 0.857. The predicted octanol–water partition coefficient (Wildman–Crippen LogP) is 1.27. The molecular formula is C14H26N2O3. The number of rotatable bonds is 6. The van der Waals surface area contributed by atoms with Crippen molar-refractivity contribution in [1.82, 2.24) is 9.80 Å². The van der Waals surface area contributed by atoms with Gasteiger partial charge in [-0.1, -0.05) is 0 Å². The van der Waals surface area contributed by atoms with E-state index in [1.165, 1.54) is 0 Å². The van der Waals surface area contributed by atoms with Crippen molar-refractivity contribution in [3.8, 4) is 0 Å². The lowest BCUT2D eigenvalue weighted by Crippen LogP contribution is -2.50. The molecule has 1 fully saturated rings. The molecule has 1 unspecified atom stereocenters. The summed E-state index contributed by atoms with van der Waals surface area (Å²) in [6.45, 7) is 9.88. The van der Waals surface area contributed by atoms with Gasteiger partial charge < -0.3 is 9.64 Å². The van der Waals surface area contributed by atoms with Crippen molar-refractivity contribution in [2.45, 2.75) is 52.6 Å². The lowest BCUT2D eigenvalue weighted by Gasteiger charge is -2.33. The molecule has 110 valence electrons. The van der Waals surface area contributed by atoms with Gasteiger partial charge in [-0.25, -0.2) is 0 Å². The fourth-order valence-corrected chi connectivity index (χ4v) is 2.47. The molecule has 0 aromatic carbocycles. The van der Waals surface area contributed by atoms with Crippen molar-refractivity contribution in [1.29, 1.82) is 0 Å². The van der Waals surface area contributed by atoms with E-state index in [9.17, 15) is 9.59 Å². The van der Waals surface area contributed by atoms with Crippen LogP contribution in [0.4, 0.5) is 0 Å². The van der Waals surface area contributed by atoms with Crippen LogP contribution in [0.5, 0.6) is 0 Å². The van der Waals surface area contributed by atoms with Crippen LogP contribution in [0, 0.1) is 0 Å². The van der Waals surface area contributed by atoms with Crippen LogP contribution in [0.1, 0.15) is 40.5 Å². The molecular weight excluding hydrogens is 244 g/mol. The molecule has 5 nitrogen and oxygen atoms in total. The third-order valence-electron chi connectivity index (χ3n) is 3.55. The molecule has 19 heavy (non-hydrogen) atoms. The molecule has 1 heterocycles. The smallest absolute Gasteiger partial charge is 0.320 e. The van der Waals surface area contributed by atoms with Crippen LogP contribution < -0.4 is 0 Å². The van der Waals surface area contributed by atoms with E-state index in [0.717, 1.165) is 25.9 Å². The van der Waals surface area contributed by atoms with Crippen molar-refractivity contribution in [2.75, 3.05) is 26.2 Å². The summed E-state index contributed by atoms with van der Waals surface area (Å²) in [4.78, 5) is 27.8. The van der Waals surface area contributed by atoms with Gasteiger partial charge in [0.05, 0.1) is 19.2 Å². The Bertz CT molecular complexity index is 312. The van der Waals surface area contributed by atoms with Gasteiger partial charge in [0, 0.05) is 19.1 Å². The molecule has 1 amide bonds. The molecule has 5 heteroatoms. The zero-order valence-corrected chi connectivity index (χ0v) is 12.5. The Labute approximate surface area is 115 Å². The topological polar surface area (TPSA) is 49.9 Å². The molecule has 0 bridgehead atoms. The van der Waals surface area contributed by atoms with Gasteiger partial charge in [0.15, 0.2) is 0 Å². The van der Waals surface area contributed by atoms with E-state index in [-0.39, 0.29) is 30.5 Å². The molecule has 0 N–H and O–H groups in total. The summed E-state index contributed by atoms with van der Waals surface area (Å²) in [7, 11) is 0. The minimum atomic E-state index is -0.275. The second-order valence-electron chi connectivity index (χ2n) is 5.28. The van der Waals surface area contributed by atoms with E-state index in [4.69, 9.17) is 4.74 Å². The van der Waals surface area contributed by atoms with E-state index in [1.54, 1.807) is 6.92 Å². The van der Waals surface area contributed by atoms with Crippen molar-refractivity contribution in [2.24, 2.45) is 0 Å². The van der Waals surface area contributed by atoms with Gasteiger partial charge in [-0.2, -0.15) is 0 Å². The normalized spacial score (nSPS) is 17.1. The molecule has 1 saturated heterocycles. The number of hydrogen-bond acceptors (Lipinski definition) is 4. The molecule has 1 aliphatic rings. The third kappa shape index (κ3) is 4.49. The van der Waals surface area contributed by atoms with E-state index in [0.29, 0.717) is 6.61 Å². The van der Waals surface area contributed by atoms with Gasteiger partial charge in [-0.15, -0.1) is 0 Å². The number of carbonyl (C=O) groups excluding carboxylic acids is 2. The molecule has 1 rings (SSSR count). The summed E-state index contributed by atoms with van der Waals surface area (Å²) in [5.41, 5.74) is 0. The monoisotopic (exact) mass is 270 g/mol. The Hall–Kier alpha value is -1.10. The second kappa shape index (κ2) is 7.48. The Morgan fingerprint density at radius 3 is 2.26 bits per heavy atom. The molecule has 1 atom stereocenters. The number of hydrogen-bond donors (Lipinski definition) is 0. The number of nitrogens with zero attached hydrogens (tertiary/aromatic N) is 2. The third-order valence-corrected chi connectivity index (χ3v) is 3.55. The van der Waals surface area contributed by atoms with Gasteiger partial charge >= 0.3 is 5.97 Å². The Morgan fingerprint density at radius 1 is 1.21 bits per heavy atom. The zero-order chi connectivity index (χ0) is 14.4. The van der Waals surface area contributed by atoms with E-state index < -0.39 is 0 Å². The lowest BCUT2D eigenvalue weighted by molar-refractivity contribution is -0.147. The van der Waals surface area contributed by atoms with E-state index in [1.807, 2.05) is 30.6 Å². The minimum absolute atomic E-state index is 0.121. The molecule has 0 aliphatic carbocycles. The van der Waals surface area contributed by atoms with Crippen LogP contribution in [0.3, 0.4) is 0 Å². The highest BCUT2D eigenvalue weighted by Crippen LogP contribution is 2.14. The largest absolute Gasteiger partial charge is 0.465 e. The summed E-state index contributed by atoms with van der Waals surface area (Å²) >= 11 is 0. The maximum absolute atomic E-state index is 12.4. The number of esters is 1. The average Bonchev–Trinajstić information content (AvgIpc) is 2.88. The Balaban J connectivity index is 2.63. The maximum Gasteiger partial charge on any atom is 0.320 e.